The first kappa shape index (κ1) is 16.7. The smallest absolute Gasteiger partial charge is 0.243 e. The van der Waals surface area contributed by atoms with Crippen LogP contribution >= 0.6 is 22.9 Å². The number of rotatable bonds is 6. The maximum Gasteiger partial charge on any atom is 0.243 e. The van der Waals surface area contributed by atoms with E-state index in [1.165, 1.54) is 11.3 Å². The van der Waals surface area contributed by atoms with Gasteiger partial charge in [-0.3, -0.25) is 4.79 Å². The van der Waals surface area contributed by atoms with Gasteiger partial charge >= 0.3 is 0 Å². The van der Waals surface area contributed by atoms with Crippen molar-refractivity contribution < 1.29 is 9.53 Å². The van der Waals surface area contributed by atoms with Crippen molar-refractivity contribution in [3.05, 3.63) is 28.6 Å². The average Bonchev–Trinajstić information content (AvgIpc) is 2.95. The summed E-state index contributed by atoms with van der Waals surface area (Å²) < 4.78 is 5.12. The van der Waals surface area contributed by atoms with E-state index < -0.39 is 6.04 Å². The highest BCUT2D eigenvalue weighted by Gasteiger charge is 2.14. The van der Waals surface area contributed by atoms with E-state index in [1.807, 2.05) is 18.4 Å². The summed E-state index contributed by atoms with van der Waals surface area (Å²) in [6.45, 7) is 1.99. The molecule has 0 aliphatic rings. The number of nitrogens with one attached hydrogen (secondary N) is 1. The Bertz CT molecular complexity index is 660. The minimum Gasteiger partial charge on any atom is -0.495 e. The predicted octanol–water partition coefficient (Wildman–Crippen LogP) is 3.54. The largest absolute Gasteiger partial charge is 0.495 e. The molecule has 2 aromatic rings. The molecule has 7 heteroatoms. The predicted molar refractivity (Wildman–Crippen MR) is 90.6 cm³/mol. The van der Waals surface area contributed by atoms with Gasteiger partial charge in [0.1, 0.15) is 5.75 Å². The van der Waals surface area contributed by atoms with Crippen LogP contribution < -0.4 is 15.8 Å². The summed E-state index contributed by atoms with van der Waals surface area (Å²) in [5, 5.41) is 5.64. The van der Waals surface area contributed by atoms with Crippen LogP contribution in [0.1, 0.15) is 19.8 Å². The van der Waals surface area contributed by atoms with Crippen molar-refractivity contribution in [3.63, 3.8) is 0 Å². The van der Waals surface area contributed by atoms with Gasteiger partial charge in [-0.05, 0) is 24.6 Å². The third kappa shape index (κ3) is 3.97. The second kappa shape index (κ2) is 7.58. The fourth-order valence-electron chi connectivity index (χ4n) is 1.93. The Kier molecular flexibility index (Phi) is 5.76. The van der Waals surface area contributed by atoms with Crippen LogP contribution in [0, 0.1) is 0 Å². The van der Waals surface area contributed by atoms with Gasteiger partial charge < -0.3 is 15.8 Å². The summed E-state index contributed by atoms with van der Waals surface area (Å²) in [6, 6.07) is 4.93. The number of carbonyl (C=O) groups excluding carboxylic acids is 1. The van der Waals surface area contributed by atoms with E-state index in [0.717, 1.165) is 17.7 Å². The van der Waals surface area contributed by atoms with Gasteiger partial charge in [0.15, 0.2) is 5.13 Å². The zero-order chi connectivity index (χ0) is 16.1. The normalized spacial score (nSPS) is 12.0. The average molecular weight is 340 g/mol. The second-order valence-corrected chi connectivity index (χ2v) is 6.04. The topological polar surface area (TPSA) is 77.2 Å². The first-order valence-corrected chi connectivity index (χ1v) is 8.16. The summed E-state index contributed by atoms with van der Waals surface area (Å²) in [7, 11) is 1.57. The van der Waals surface area contributed by atoms with Crippen molar-refractivity contribution in [1.82, 2.24) is 4.98 Å². The number of thiazole rings is 1. The van der Waals surface area contributed by atoms with E-state index in [9.17, 15) is 4.79 Å². The van der Waals surface area contributed by atoms with Crippen LogP contribution in [-0.4, -0.2) is 24.0 Å². The molecule has 2 rings (SSSR count). The summed E-state index contributed by atoms with van der Waals surface area (Å²) in [6.07, 6.45) is 1.51. The van der Waals surface area contributed by atoms with Gasteiger partial charge in [0.25, 0.3) is 0 Å². The van der Waals surface area contributed by atoms with Gasteiger partial charge in [0.05, 0.1) is 23.9 Å². The summed E-state index contributed by atoms with van der Waals surface area (Å²) in [5.41, 5.74) is 7.38. The number of halogens is 1. The first-order chi connectivity index (χ1) is 10.5. The Balaban J connectivity index is 2.11. The second-order valence-electron chi connectivity index (χ2n) is 4.77. The SMILES string of the molecule is CCCC(N)C(=O)Nc1nc(-c2ccc(OC)c(Cl)c2)cs1. The van der Waals surface area contributed by atoms with Gasteiger partial charge in [-0.2, -0.15) is 0 Å². The van der Waals surface area contributed by atoms with E-state index in [2.05, 4.69) is 10.3 Å². The fraction of sp³-hybridized carbons (Fsp3) is 0.333. The molecule has 0 bridgehead atoms. The number of ether oxygens (including phenoxy) is 1. The molecule has 0 aliphatic carbocycles. The quantitative estimate of drug-likeness (QED) is 0.843. The Morgan fingerprint density at radius 2 is 2.32 bits per heavy atom. The van der Waals surface area contributed by atoms with Gasteiger partial charge in [0.2, 0.25) is 5.91 Å². The number of aromatic nitrogens is 1. The molecule has 22 heavy (non-hydrogen) atoms. The highest BCUT2D eigenvalue weighted by atomic mass is 35.5. The standard InChI is InChI=1S/C15H18ClN3O2S/c1-3-4-11(17)14(20)19-15-18-12(8-22-15)9-5-6-13(21-2)10(16)7-9/h5-8,11H,3-4,17H2,1-2H3,(H,18,19,20). The molecule has 0 spiro atoms. The van der Waals surface area contributed by atoms with Gasteiger partial charge in [0, 0.05) is 10.9 Å². The molecule has 0 aliphatic heterocycles. The summed E-state index contributed by atoms with van der Waals surface area (Å²) in [4.78, 5) is 16.3. The number of anilines is 1. The molecule has 1 aromatic carbocycles. The maximum atomic E-state index is 11.9. The molecular weight excluding hydrogens is 322 g/mol. The van der Waals surface area contributed by atoms with E-state index >= 15 is 0 Å². The van der Waals surface area contributed by atoms with Crippen LogP contribution in [0.2, 0.25) is 5.02 Å². The fourth-order valence-corrected chi connectivity index (χ4v) is 2.91. The lowest BCUT2D eigenvalue weighted by atomic mass is 10.1. The van der Waals surface area contributed by atoms with Gasteiger partial charge in [-0.1, -0.05) is 24.9 Å². The number of methoxy groups -OCH3 is 1. The summed E-state index contributed by atoms with van der Waals surface area (Å²) >= 11 is 7.46. The lowest BCUT2D eigenvalue weighted by molar-refractivity contribution is -0.117. The number of nitrogens with two attached hydrogens (primary N) is 1. The molecule has 1 heterocycles. The lowest BCUT2D eigenvalue weighted by Gasteiger charge is -2.08. The van der Waals surface area contributed by atoms with Crippen LogP contribution in [0.25, 0.3) is 11.3 Å². The highest BCUT2D eigenvalue weighted by molar-refractivity contribution is 7.14. The first-order valence-electron chi connectivity index (χ1n) is 6.91. The minimum absolute atomic E-state index is 0.212. The summed E-state index contributed by atoms with van der Waals surface area (Å²) in [5.74, 6) is 0.398. The van der Waals surface area contributed by atoms with Crippen LogP contribution in [0.4, 0.5) is 5.13 Å². The number of benzene rings is 1. The van der Waals surface area contributed by atoms with Crippen LogP contribution in [-0.2, 0) is 4.79 Å². The monoisotopic (exact) mass is 339 g/mol. The van der Waals surface area contributed by atoms with Crippen molar-refractivity contribution in [2.45, 2.75) is 25.8 Å². The number of amides is 1. The van der Waals surface area contributed by atoms with Crippen molar-refractivity contribution in [2.24, 2.45) is 5.73 Å². The van der Waals surface area contributed by atoms with E-state index in [4.69, 9.17) is 22.1 Å². The molecule has 3 N–H and O–H groups in total. The molecule has 5 nitrogen and oxygen atoms in total. The third-order valence-corrected chi connectivity index (χ3v) is 4.17. The van der Waals surface area contributed by atoms with Gasteiger partial charge in [-0.25, -0.2) is 4.98 Å². The zero-order valence-electron chi connectivity index (χ0n) is 12.4. The van der Waals surface area contributed by atoms with Crippen molar-refractivity contribution in [3.8, 4) is 17.0 Å². The Morgan fingerprint density at radius 1 is 1.55 bits per heavy atom. The number of hydrogen-bond acceptors (Lipinski definition) is 5. The van der Waals surface area contributed by atoms with Crippen molar-refractivity contribution in [2.75, 3.05) is 12.4 Å². The Morgan fingerprint density at radius 3 is 2.95 bits per heavy atom. The molecular formula is C15H18ClN3O2S. The molecule has 0 saturated heterocycles. The van der Waals surface area contributed by atoms with Crippen molar-refractivity contribution >= 4 is 34.0 Å². The van der Waals surface area contributed by atoms with Crippen LogP contribution in [0.5, 0.6) is 5.75 Å². The van der Waals surface area contributed by atoms with Gasteiger partial charge in [-0.15, -0.1) is 11.3 Å². The molecule has 0 radical (unpaired) electrons. The lowest BCUT2D eigenvalue weighted by Crippen LogP contribution is -2.35. The van der Waals surface area contributed by atoms with Crippen LogP contribution in [0.15, 0.2) is 23.6 Å². The van der Waals surface area contributed by atoms with E-state index in [0.29, 0.717) is 22.3 Å². The molecule has 1 aromatic heterocycles. The van der Waals surface area contributed by atoms with E-state index in [-0.39, 0.29) is 5.91 Å². The molecule has 0 saturated carbocycles. The third-order valence-electron chi connectivity index (χ3n) is 3.12. The Hall–Kier alpha value is -1.63. The molecule has 1 amide bonds. The van der Waals surface area contributed by atoms with Crippen LogP contribution in [0.3, 0.4) is 0 Å². The maximum absolute atomic E-state index is 11.9. The highest BCUT2D eigenvalue weighted by Crippen LogP contribution is 2.31. The molecule has 1 atom stereocenters. The molecule has 0 fully saturated rings. The number of hydrogen-bond donors (Lipinski definition) is 2. The Labute approximate surface area is 138 Å². The zero-order valence-corrected chi connectivity index (χ0v) is 14.0. The van der Waals surface area contributed by atoms with E-state index in [1.54, 1.807) is 19.2 Å². The van der Waals surface area contributed by atoms with Crippen molar-refractivity contribution in [1.29, 1.82) is 0 Å². The number of carbonyl (C=O) groups is 1. The minimum atomic E-state index is -0.507. The number of nitrogens with zero attached hydrogens (tertiary/aromatic N) is 1. The molecule has 1 unspecified atom stereocenters. The molecule has 118 valence electrons.